The zero-order chi connectivity index (χ0) is 13.7. The average Bonchev–Trinajstić information content (AvgIpc) is 2.84. The lowest BCUT2D eigenvalue weighted by Gasteiger charge is -2.11. The van der Waals surface area contributed by atoms with E-state index in [2.05, 4.69) is 10.3 Å². The van der Waals surface area contributed by atoms with Gasteiger partial charge in [0, 0.05) is 31.7 Å². The molecule has 5 nitrogen and oxygen atoms in total. The third-order valence-corrected chi connectivity index (χ3v) is 2.90. The molecule has 2 rings (SSSR count). The molecule has 19 heavy (non-hydrogen) atoms. The van der Waals surface area contributed by atoms with Crippen molar-refractivity contribution in [1.29, 1.82) is 0 Å². The molecule has 102 valence electrons. The molecule has 0 spiro atoms. The van der Waals surface area contributed by atoms with Crippen molar-refractivity contribution in [3.63, 3.8) is 0 Å². The Morgan fingerprint density at radius 3 is 2.84 bits per heavy atom. The molecule has 0 radical (unpaired) electrons. The number of nitrogens with one attached hydrogen (secondary N) is 1. The first-order chi connectivity index (χ1) is 9.24. The summed E-state index contributed by atoms with van der Waals surface area (Å²) in [5.41, 5.74) is 2.07. The zero-order valence-corrected chi connectivity index (χ0v) is 11.5. The van der Waals surface area contributed by atoms with Gasteiger partial charge in [0.1, 0.15) is 5.75 Å². The van der Waals surface area contributed by atoms with Crippen LogP contribution in [0.5, 0.6) is 5.75 Å². The van der Waals surface area contributed by atoms with Gasteiger partial charge < -0.3 is 19.4 Å². The van der Waals surface area contributed by atoms with Crippen LogP contribution in [0.15, 0.2) is 30.6 Å². The molecule has 1 heterocycles. The molecule has 0 unspecified atom stereocenters. The molecular weight excluding hydrogens is 242 g/mol. The van der Waals surface area contributed by atoms with Crippen LogP contribution in [0.3, 0.4) is 0 Å². The number of aromatic nitrogens is 2. The van der Waals surface area contributed by atoms with Crippen molar-refractivity contribution in [3.05, 3.63) is 36.2 Å². The van der Waals surface area contributed by atoms with Crippen LogP contribution in [-0.2, 0) is 11.3 Å². The quantitative estimate of drug-likeness (QED) is 0.868. The molecule has 0 saturated carbocycles. The second-order valence-corrected chi connectivity index (χ2v) is 4.25. The number of hydrogen-bond donors (Lipinski definition) is 1. The van der Waals surface area contributed by atoms with E-state index in [0.29, 0.717) is 6.61 Å². The van der Waals surface area contributed by atoms with Gasteiger partial charge in [-0.15, -0.1) is 0 Å². The molecule has 0 aliphatic rings. The normalized spacial score (nSPS) is 10.5. The minimum absolute atomic E-state index is 0.659. The van der Waals surface area contributed by atoms with E-state index in [1.807, 2.05) is 35.9 Å². The molecule has 1 N–H and O–H groups in total. The van der Waals surface area contributed by atoms with Crippen LogP contribution in [0.2, 0.25) is 0 Å². The van der Waals surface area contributed by atoms with Gasteiger partial charge in [0.05, 0.1) is 13.7 Å². The summed E-state index contributed by atoms with van der Waals surface area (Å²) in [6, 6.07) is 5.95. The molecule has 0 atom stereocenters. The second-order valence-electron chi connectivity index (χ2n) is 4.25. The fraction of sp³-hybridized carbons (Fsp3) is 0.357. The van der Waals surface area contributed by atoms with Crippen LogP contribution in [0.4, 0.5) is 11.6 Å². The Morgan fingerprint density at radius 1 is 1.32 bits per heavy atom. The van der Waals surface area contributed by atoms with Crippen LogP contribution in [0, 0.1) is 6.92 Å². The van der Waals surface area contributed by atoms with Gasteiger partial charge >= 0.3 is 0 Å². The van der Waals surface area contributed by atoms with Crippen LogP contribution >= 0.6 is 0 Å². The Balaban J connectivity index is 2.12. The fourth-order valence-electron chi connectivity index (χ4n) is 1.89. The maximum Gasteiger partial charge on any atom is 0.207 e. The topological polar surface area (TPSA) is 48.3 Å². The highest BCUT2D eigenvalue weighted by Crippen LogP contribution is 2.23. The van der Waals surface area contributed by atoms with Crippen LogP contribution in [0.1, 0.15) is 5.56 Å². The highest BCUT2D eigenvalue weighted by molar-refractivity contribution is 5.57. The lowest BCUT2D eigenvalue weighted by Crippen LogP contribution is -2.07. The Labute approximate surface area is 113 Å². The highest BCUT2D eigenvalue weighted by atomic mass is 16.5. The van der Waals surface area contributed by atoms with Crippen LogP contribution in [-0.4, -0.2) is 30.4 Å². The summed E-state index contributed by atoms with van der Waals surface area (Å²) >= 11 is 0. The molecule has 1 aromatic carbocycles. The van der Waals surface area contributed by atoms with E-state index in [0.717, 1.165) is 29.5 Å². The first-order valence-corrected chi connectivity index (χ1v) is 6.16. The minimum atomic E-state index is 0.659. The molecule has 2 aromatic rings. The molecule has 0 saturated heterocycles. The second kappa shape index (κ2) is 6.24. The molecule has 1 aromatic heterocycles. The summed E-state index contributed by atoms with van der Waals surface area (Å²) in [5.74, 6) is 1.69. The number of hydrogen-bond acceptors (Lipinski definition) is 4. The first kappa shape index (κ1) is 13.4. The van der Waals surface area contributed by atoms with Gasteiger partial charge in [0.15, 0.2) is 0 Å². The van der Waals surface area contributed by atoms with Gasteiger partial charge in [-0.3, -0.25) is 0 Å². The maximum atomic E-state index is 5.25. The maximum absolute atomic E-state index is 5.25. The number of anilines is 2. The van der Waals surface area contributed by atoms with E-state index in [1.165, 1.54) is 0 Å². The van der Waals surface area contributed by atoms with Crippen molar-refractivity contribution < 1.29 is 9.47 Å². The third kappa shape index (κ3) is 3.26. The van der Waals surface area contributed by atoms with Gasteiger partial charge in [-0.05, 0) is 30.7 Å². The zero-order valence-electron chi connectivity index (χ0n) is 11.5. The Kier molecular flexibility index (Phi) is 4.41. The monoisotopic (exact) mass is 261 g/mol. The summed E-state index contributed by atoms with van der Waals surface area (Å²) in [5, 5.41) is 3.29. The SMILES string of the molecule is COCCn1ccnc1Nc1ccc(OC)c(C)c1. The van der Waals surface area contributed by atoms with Crippen molar-refractivity contribution in [2.24, 2.45) is 0 Å². The number of ether oxygens (including phenoxy) is 2. The molecular formula is C14H19N3O2. The van der Waals surface area contributed by atoms with Crippen LogP contribution in [0.25, 0.3) is 0 Å². The fourth-order valence-corrected chi connectivity index (χ4v) is 1.89. The Bertz CT molecular complexity index is 537. The van der Waals surface area contributed by atoms with E-state index in [1.54, 1.807) is 20.4 Å². The number of benzene rings is 1. The molecule has 0 aliphatic heterocycles. The summed E-state index contributed by atoms with van der Waals surface area (Å²) in [7, 11) is 3.36. The smallest absolute Gasteiger partial charge is 0.207 e. The van der Waals surface area contributed by atoms with E-state index in [-0.39, 0.29) is 0 Å². The van der Waals surface area contributed by atoms with Gasteiger partial charge in [-0.25, -0.2) is 4.98 Å². The number of nitrogens with zero attached hydrogens (tertiary/aromatic N) is 2. The average molecular weight is 261 g/mol. The molecule has 0 aliphatic carbocycles. The van der Waals surface area contributed by atoms with E-state index in [4.69, 9.17) is 9.47 Å². The van der Waals surface area contributed by atoms with E-state index >= 15 is 0 Å². The number of methoxy groups -OCH3 is 2. The number of aryl methyl sites for hydroxylation is 1. The van der Waals surface area contributed by atoms with E-state index < -0.39 is 0 Å². The van der Waals surface area contributed by atoms with Crippen molar-refractivity contribution >= 4 is 11.6 Å². The molecule has 0 amide bonds. The summed E-state index contributed by atoms with van der Waals surface area (Å²) in [6.45, 7) is 3.45. The predicted octanol–water partition coefficient (Wildman–Crippen LogP) is 2.59. The van der Waals surface area contributed by atoms with Gasteiger partial charge in [-0.2, -0.15) is 0 Å². The highest BCUT2D eigenvalue weighted by Gasteiger charge is 2.04. The Hall–Kier alpha value is -2.01. The predicted molar refractivity (Wildman–Crippen MR) is 75.1 cm³/mol. The molecule has 0 fully saturated rings. The van der Waals surface area contributed by atoms with Crippen molar-refractivity contribution in [2.45, 2.75) is 13.5 Å². The number of rotatable bonds is 6. The van der Waals surface area contributed by atoms with E-state index in [9.17, 15) is 0 Å². The van der Waals surface area contributed by atoms with Gasteiger partial charge in [0.25, 0.3) is 0 Å². The first-order valence-electron chi connectivity index (χ1n) is 6.16. The van der Waals surface area contributed by atoms with Crippen LogP contribution < -0.4 is 10.1 Å². The number of imidazole rings is 1. The van der Waals surface area contributed by atoms with Crippen molar-refractivity contribution in [1.82, 2.24) is 9.55 Å². The van der Waals surface area contributed by atoms with Crippen molar-refractivity contribution in [3.8, 4) is 5.75 Å². The summed E-state index contributed by atoms with van der Waals surface area (Å²) in [4.78, 5) is 4.30. The Morgan fingerprint density at radius 2 is 2.16 bits per heavy atom. The van der Waals surface area contributed by atoms with Gasteiger partial charge in [-0.1, -0.05) is 0 Å². The van der Waals surface area contributed by atoms with Crippen molar-refractivity contribution in [2.75, 3.05) is 26.1 Å². The largest absolute Gasteiger partial charge is 0.496 e. The minimum Gasteiger partial charge on any atom is -0.496 e. The molecule has 0 bridgehead atoms. The molecule has 5 heteroatoms. The third-order valence-electron chi connectivity index (χ3n) is 2.90. The lowest BCUT2D eigenvalue weighted by atomic mass is 10.2. The standard InChI is InChI=1S/C14H19N3O2/c1-11-10-12(4-5-13(11)19-3)16-14-15-6-7-17(14)8-9-18-2/h4-7,10H,8-9H2,1-3H3,(H,15,16). The summed E-state index contributed by atoms with van der Waals surface area (Å²) in [6.07, 6.45) is 3.70. The van der Waals surface area contributed by atoms with Gasteiger partial charge in [0.2, 0.25) is 5.95 Å². The lowest BCUT2D eigenvalue weighted by molar-refractivity contribution is 0.188. The summed E-state index contributed by atoms with van der Waals surface area (Å²) < 4.78 is 12.3.